The number of halogens is 2. The zero-order valence-electron chi connectivity index (χ0n) is 11.6. The Balaban J connectivity index is 1.94. The third-order valence-electron chi connectivity index (χ3n) is 2.72. The van der Waals surface area contributed by atoms with Crippen LogP contribution in [0.4, 0.5) is 10.1 Å². The fourth-order valence-electron chi connectivity index (χ4n) is 1.70. The van der Waals surface area contributed by atoms with Crippen LogP contribution in [-0.2, 0) is 4.79 Å². The molecule has 116 valence electrons. The lowest BCUT2D eigenvalue weighted by atomic mass is 10.2. The van der Waals surface area contributed by atoms with Gasteiger partial charge < -0.3 is 19.9 Å². The van der Waals surface area contributed by atoms with Gasteiger partial charge in [-0.1, -0.05) is 0 Å². The fourth-order valence-corrected chi connectivity index (χ4v) is 2.17. The normalized spacial score (nSPS) is 10.1. The predicted octanol–water partition coefficient (Wildman–Crippen LogP) is 3.32. The fraction of sp³-hybridized carbons (Fsp3) is 0.133. The number of phenolic OH excluding ortho intramolecular Hbond substituents is 1. The highest BCUT2D eigenvalue weighted by atomic mass is 79.9. The van der Waals surface area contributed by atoms with Gasteiger partial charge in [0.25, 0.3) is 5.91 Å². The van der Waals surface area contributed by atoms with E-state index in [-0.39, 0.29) is 12.4 Å². The van der Waals surface area contributed by atoms with E-state index in [1.165, 1.54) is 37.4 Å². The monoisotopic (exact) mass is 369 g/mol. The third kappa shape index (κ3) is 4.11. The summed E-state index contributed by atoms with van der Waals surface area (Å²) in [6, 6.07) is 8.39. The summed E-state index contributed by atoms with van der Waals surface area (Å²) in [6.45, 7) is -0.253. The highest BCUT2D eigenvalue weighted by molar-refractivity contribution is 9.10. The Morgan fingerprint density at radius 1 is 1.27 bits per heavy atom. The van der Waals surface area contributed by atoms with E-state index in [1.54, 1.807) is 6.07 Å². The quantitative estimate of drug-likeness (QED) is 0.848. The Kier molecular flexibility index (Phi) is 5.21. The van der Waals surface area contributed by atoms with Gasteiger partial charge in [0.15, 0.2) is 18.1 Å². The van der Waals surface area contributed by atoms with Gasteiger partial charge in [0.05, 0.1) is 11.6 Å². The van der Waals surface area contributed by atoms with Crippen molar-refractivity contribution < 1.29 is 23.8 Å². The van der Waals surface area contributed by atoms with Gasteiger partial charge in [-0.3, -0.25) is 4.79 Å². The molecule has 1 amide bonds. The summed E-state index contributed by atoms with van der Waals surface area (Å²) in [4.78, 5) is 11.8. The summed E-state index contributed by atoms with van der Waals surface area (Å²) in [6.07, 6.45) is 0. The summed E-state index contributed by atoms with van der Waals surface area (Å²) < 4.78 is 23.6. The molecule has 7 heteroatoms. The van der Waals surface area contributed by atoms with Crippen LogP contribution in [0.3, 0.4) is 0 Å². The van der Waals surface area contributed by atoms with Crippen LogP contribution in [0.1, 0.15) is 0 Å². The van der Waals surface area contributed by atoms with Crippen LogP contribution in [0.15, 0.2) is 40.9 Å². The van der Waals surface area contributed by atoms with Crippen molar-refractivity contribution >= 4 is 27.5 Å². The number of hydrogen-bond acceptors (Lipinski definition) is 4. The SMILES string of the molecule is COc1ccc(NC(=O)COc2ccc(F)cc2Br)cc1O. The zero-order valence-corrected chi connectivity index (χ0v) is 13.2. The summed E-state index contributed by atoms with van der Waals surface area (Å²) in [5.41, 5.74) is 0.407. The molecule has 0 aliphatic rings. The molecule has 2 aromatic carbocycles. The van der Waals surface area contributed by atoms with E-state index in [4.69, 9.17) is 9.47 Å². The lowest BCUT2D eigenvalue weighted by Gasteiger charge is -2.10. The van der Waals surface area contributed by atoms with E-state index in [0.29, 0.717) is 21.7 Å². The molecule has 0 heterocycles. The number of phenols is 1. The second kappa shape index (κ2) is 7.13. The van der Waals surface area contributed by atoms with Gasteiger partial charge in [-0.15, -0.1) is 0 Å². The topological polar surface area (TPSA) is 67.8 Å². The maximum atomic E-state index is 12.9. The number of methoxy groups -OCH3 is 1. The second-order valence-corrected chi connectivity index (χ2v) is 5.15. The van der Waals surface area contributed by atoms with Gasteiger partial charge in [0.1, 0.15) is 11.6 Å². The molecule has 2 aromatic rings. The van der Waals surface area contributed by atoms with Gasteiger partial charge in [0.2, 0.25) is 0 Å². The van der Waals surface area contributed by atoms with E-state index in [2.05, 4.69) is 21.2 Å². The van der Waals surface area contributed by atoms with Gasteiger partial charge >= 0.3 is 0 Å². The van der Waals surface area contributed by atoms with E-state index in [1.807, 2.05) is 0 Å². The van der Waals surface area contributed by atoms with Crippen LogP contribution in [0.25, 0.3) is 0 Å². The van der Waals surface area contributed by atoms with Crippen LogP contribution in [0, 0.1) is 5.82 Å². The Morgan fingerprint density at radius 3 is 2.64 bits per heavy atom. The minimum atomic E-state index is -0.416. The van der Waals surface area contributed by atoms with Crippen molar-refractivity contribution in [3.05, 3.63) is 46.7 Å². The Bertz CT molecular complexity index is 693. The molecule has 0 saturated heterocycles. The first-order valence-corrected chi connectivity index (χ1v) is 7.03. The predicted molar refractivity (Wildman–Crippen MR) is 82.9 cm³/mol. The van der Waals surface area contributed by atoms with Crippen molar-refractivity contribution in [3.63, 3.8) is 0 Å². The number of ether oxygens (including phenoxy) is 2. The molecule has 0 fully saturated rings. The third-order valence-corrected chi connectivity index (χ3v) is 3.34. The summed E-state index contributed by atoms with van der Waals surface area (Å²) >= 11 is 3.15. The minimum Gasteiger partial charge on any atom is -0.504 e. The molecular formula is C15H13BrFNO4. The first-order chi connectivity index (χ1) is 10.5. The zero-order chi connectivity index (χ0) is 16.1. The number of aromatic hydroxyl groups is 1. The maximum absolute atomic E-state index is 12.9. The number of rotatable bonds is 5. The molecule has 0 aliphatic carbocycles. The molecule has 0 aliphatic heterocycles. The van der Waals surface area contributed by atoms with Crippen LogP contribution in [0.5, 0.6) is 17.2 Å². The average molecular weight is 370 g/mol. The first-order valence-electron chi connectivity index (χ1n) is 6.24. The molecule has 0 radical (unpaired) electrons. The molecule has 0 atom stereocenters. The summed E-state index contributed by atoms with van der Waals surface area (Å²) in [5.74, 6) is -0.237. The number of carbonyl (C=O) groups excluding carboxylic acids is 1. The van der Waals surface area contributed by atoms with E-state index in [9.17, 15) is 14.3 Å². The standard InChI is InChI=1S/C15H13BrFNO4/c1-21-14-5-3-10(7-12(14)19)18-15(20)8-22-13-4-2-9(17)6-11(13)16/h2-7,19H,8H2,1H3,(H,18,20). The highest BCUT2D eigenvalue weighted by Gasteiger charge is 2.09. The van der Waals surface area contributed by atoms with Crippen LogP contribution < -0.4 is 14.8 Å². The van der Waals surface area contributed by atoms with Gasteiger partial charge in [-0.25, -0.2) is 4.39 Å². The minimum absolute atomic E-state index is 0.0810. The van der Waals surface area contributed by atoms with Gasteiger partial charge in [-0.05, 0) is 46.3 Å². The van der Waals surface area contributed by atoms with Crippen molar-refractivity contribution in [2.24, 2.45) is 0 Å². The van der Waals surface area contributed by atoms with Crippen molar-refractivity contribution in [1.82, 2.24) is 0 Å². The first kappa shape index (κ1) is 16.1. The molecule has 0 saturated carbocycles. The molecule has 2 N–H and O–H groups in total. The molecule has 2 rings (SSSR count). The largest absolute Gasteiger partial charge is 0.504 e. The number of nitrogens with one attached hydrogen (secondary N) is 1. The molecule has 0 bridgehead atoms. The molecule has 0 aromatic heterocycles. The summed E-state index contributed by atoms with van der Waals surface area (Å²) in [7, 11) is 1.43. The Morgan fingerprint density at radius 2 is 2.00 bits per heavy atom. The molecule has 0 spiro atoms. The number of carbonyl (C=O) groups is 1. The highest BCUT2D eigenvalue weighted by Crippen LogP contribution is 2.28. The average Bonchev–Trinajstić information content (AvgIpc) is 2.46. The van der Waals surface area contributed by atoms with Gasteiger partial charge in [0, 0.05) is 11.8 Å². The van der Waals surface area contributed by atoms with E-state index >= 15 is 0 Å². The maximum Gasteiger partial charge on any atom is 0.262 e. The molecule has 0 unspecified atom stereocenters. The lowest BCUT2D eigenvalue weighted by Crippen LogP contribution is -2.20. The summed E-state index contributed by atoms with van der Waals surface area (Å²) in [5, 5.41) is 12.2. The molecular weight excluding hydrogens is 357 g/mol. The number of benzene rings is 2. The van der Waals surface area contributed by atoms with Gasteiger partial charge in [-0.2, -0.15) is 0 Å². The van der Waals surface area contributed by atoms with E-state index in [0.717, 1.165) is 0 Å². The van der Waals surface area contributed by atoms with Crippen molar-refractivity contribution in [1.29, 1.82) is 0 Å². The molecule has 22 heavy (non-hydrogen) atoms. The number of amides is 1. The number of hydrogen-bond donors (Lipinski definition) is 2. The lowest BCUT2D eigenvalue weighted by molar-refractivity contribution is -0.118. The van der Waals surface area contributed by atoms with Crippen molar-refractivity contribution in [3.8, 4) is 17.2 Å². The van der Waals surface area contributed by atoms with Crippen LogP contribution >= 0.6 is 15.9 Å². The Labute approximate surface area is 134 Å². The smallest absolute Gasteiger partial charge is 0.262 e. The van der Waals surface area contributed by atoms with Crippen molar-refractivity contribution in [2.45, 2.75) is 0 Å². The van der Waals surface area contributed by atoms with Crippen LogP contribution in [0.2, 0.25) is 0 Å². The van der Waals surface area contributed by atoms with Crippen molar-refractivity contribution in [2.75, 3.05) is 19.0 Å². The number of anilines is 1. The van der Waals surface area contributed by atoms with Crippen LogP contribution in [-0.4, -0.2) is 24.7 Å². The Hall–Kier alpha value is -2.28. The van der Waals surface area contributed by atoms with E-state index < -0.39 is 11.7 Å². The molecule has 5 nitrogen and oxygen atoms in total. The second-order valence-electron chi connectivity index (χ2n) is 4.30.